The Labute approximate surface area is 116 Å². The molecule has 1 aromatic rings. The average Bonchev–Trinajstić information content (AvgIpc) is 2.88. The first-order valence-corrected chi connectivity index (χ1v) is 7.13. The predicted octanol–water partition coefficient (Wildman–Crippen LogP) is 2.53. The lowest BCUT2D eigenvalue weighted by Gasteiger charge is -2.30. The molecule has 1 fully saturated rings. The third-order valence-electron chi connectivity index (χ3n) is 4.29. The van der Waals surface area contributed by atoms with Crippen molar-refractivity contribution in [3.05, 3.63) is 29.3 Å². The standard InChI is InChI=1S/C16H26N2O/c1-18(2)11-13-6-7-15(19-3)14(10-13)16(12-17)8-4-5-9-16/h6-7,10H,4-5,8-9,11-12,17H2,1-3H3. The van der Waals surface area contributed by atoms with Crippen molar-refractivity contribution in [1.29, 1.82) is 0 Å². The number of nitrogens with zero attached hydrogens (tertiary/aromatic N) is 1. The van der Waals surface area contributed by atoms with Gasteiger partial charge < -0.3 is 15.4 Å². The molecule has 0 spiro atoms. The maximum absolute atomic E-state index is 6.11. The van der Waals surface area contributed by atoms with Crippen LogP contribution in [0.3, 0.4) is 0 Å². The van der Waals surface area contributed by atoms with Crippen molar-refractivity contribution in [2.24, 2.45) is 5.73 Å². The minimum Gasteiger partial charge on any atom is -0.496 e. The molecule has 19 heavy (non-hydrogen) atoms. The molecular formula is C16H26N2O. The number of hydrogen-bond donors (Lipinski definition) is 1. The van der Waals surface area contributed by atoms with E-state index in [-0.39, 0.29) is 5.41 Å². The van der Waals surface area contributed by atoms with Gasteiger partial charge >= 0.3 is 0 Å². The monoisotopic (exact) mass is 262 g/mol. The summed E-state index contributed by atoms with van der Waals surface area (Å²) in [7, 11) is 5.94. The van der Waals surface area contributed by atoms with Crippen molar-refractivity contribution < 1.29 is 4.74 Å². The van der Waals surface area contributed by atoms with Crippen LogP contribution in [0.25, 0.3) is 0 Å². The molecule has 3 heteroatoms. The zero-order chi connectivity index (χ0) is 13.9. The van der Waals surface area contributed by atoms with Crippen LogP contribution >= 0.6 is 0 Å². The van der Waals surface area contributed by atoms with Crippen molar-refractivity contribution in [1.82, 2.24) is 4.90 Å². The third-order valence-corrected chi connectivity index (χ3v) is 4.29. The van der Waals surface area contributed by atoms with Crippen LogP contribution in [-0.4, -0.2) is 32.6 Å². The van der Waals surface area contributed by atoms with Gasteiger partial charge in [-0.15, -0.1) is 0 Å². The smallest absolute Gasteiger partial charge is 0.122 e. The number of benzene rings is 1. The molecule has 0 aromatic heterocycles. The van der Waals surface area contributed by atoms with Gasteiger partial charge in [-0.1, -0.05) is 25.0 Å². The molecule has 0 amide bonds. The molecule has 1 saturated carbocycles. The number of rotatable bonds is 5. The first-order chi connectivity index (χ1) is 9.11. The Bertz CT molecular complexity index is 423. The zero-order valence-corrected chi connectivity index (χ0v) is 12.4. The molecule has 0 bridgehead atoms. The van der Waals surface area contributed by atoms with Crippen molar-refractivity contribution in [3.8, 4) is 5.75 Å². The van der Waals surface area contributed by atoms with E-state index >= 15 is 0 Å². The van der Waals surface area contributed by atoms with Crippen LogP contribution in [0.15, 0.2) is 18.2 Å². The Kier molecular flexibility index (Phi) is 4.48. The second kappa shape index (κ2) is 5.93. The minimum absolute atomic E-state index is 0.133. The largest absolute Gasteiger partial charge is 0.496 e. The second-order valence-electron chi connectivity index (χ2n) is 5.96. The van der Waals surface area contributed by atoms with Gasteiger partial charge in [0.15, 0.2) is 0 Å². The van der Waals surface area contributed by atoms with Crippen molar-refractivity contribution in [2.75, 3.05) is 27.7 Å². The van der Waals surface area contributed by atoms with E-state index in [1.807, 2.05) is 0 Å². The zero-order valence-electron chi connectivity index (χ0n) is 12.4. The molecule has 2 N–H and O–H groups in total. The van der Waals surface area contributed by atoms with Gasteiger partial charge in [-0.2, -0.15) is 0 Å². The van der Waals surface area contributed by atoms with E-state index in [1.165, 1.54) is 36.8 Å². The Morgan fingerprint density at radius 3 is 2.47 bits per heavy atom. The Morgan fingerprint density at radius 2 is 1.95 bits per heavy atom. The highest BCUT2D eigenvalue weighted by molar-refractivity contribution is 5.43. The molecular weight excluding hydrogens is 236 g/mol. The molecule has 0 aliphatic heterocycles. The number of nitrogens with two attached hydrogens (primary N) is 1. The average molecular weight is 262 g/mol. The fourth-order valence-corrected chi connectivity index (χ4v) is 3.27. The molecule has 3 nitrogen and oxygen atoms in total. The van der Waals surface area contributed by atoms with Crippen molar-refractivity contribution in [3.63, 3.8) is 0 Å². The summed E-state index contributed by atoms with van der Waals surface area (Å²) in [5, 5.41) is 0. The second-order valence-corrected chi connectivity index (χ2v) is 5.96. The number of ether oxygens (including phenoxy) is 1. The summed E-state index contributed by atoms with van der Waals surface area (Å²) in [5.41, 5.74) is 8.89. The highest BCUT2D eigenvalue weighted by Crippen LogP contribution is 2.44. The molecule has 0 atom stereocenters. The summed E-state index contributed by atoms with van der Waals surface area (Å²) in [6.07, 6.45) is 4.92. The lowest BCUT2D eigenvalue weighted by atomic mass is 9.78. The van der Waals surface area contributed by atoms with Crippen LogP contribution in [0.1, 0.15) is 36.8 Å². The van der Waals surface area contributed by atoms with Crippen LogP contribution in [0, 0.1) is 0 Å². The maximum atomic E-state index is 6.11. The van der Waals surface area contributed by atoms with Gasteiger partial charge in [-0.05, 0) is 38.6 Å². The summed E-state index contributed by atoms with van der Waals surface area (Å²) in [6.45, 7) is 1.67. The molecule has 0 saturated heterocycles. The van der Waals surface area contributed by atoms with E-state index in [0.717, 1.165) is 18.8 Å². The fraction of sp³-hybridized carbons (Fsp3) is 0.625. The SMILES string of the molecule is COc1ccc(CN(C)C)cc1C1(CN)CCCC1. The molecule has 1 aromatic carbocycles. The summed E-state index contributed by atoms with van der Waals surface area (Å²) in [6, 6.07) is 6.56. The summed E-state index contributed by atoms with van der Waals surface area (Å²) < 4.78 is 5.58. The van der Waals surface area contributed by atoms with E-state index in [4.69, 9.17) is 10.5 Å². The summed E-state index contributed by atoms with van der Waals surface area (Å²) in [4.78, 5) is 2.19. The molecule has 0 heterocycles. The molecule has 1 aliphatic rings. The van der Waals surface area contributed by atoms with E-state index in [1.54, 1.807) is 7.11 Å². The van der Waals surface area contributed by atoms with Crippen LogP contribution in [-0.2, 0) is 12.0 Å². The lowest BCUT2D eigenvalue weighted by molar-refractivity contribution is 0.373. The van der Waals surface area contributed by atoms with E-state index in [9.17, 15) is 0 Å². The van der Waals surface area contributed by atoms with Crippen LogP contribution in [0.4, 0.5) is 0 Å². The van der Waals surface area contributed by atoms with Gasteiger partial charge in [0, 0.05) is 24.1 Å². The molecule has 2 rings (SSSR count). The van der Waals surface area contributed by atoms with E-state index in [2.05, 4.69) is 37.2 Å². The Morgan fingerprint density at radius 1 is 1.26 bits per heavy atom. The molecule has 0 radical (unpaired) electrons. The Balaban J connectivity index is 2.40. The highest BCUT2D eigenvalue weighted by Gasteiger charge is 2.36. The van der Waals surface area contributed by atoms with Gasteiger partial charge in [0.1, 0.15) is 5.75 Å². The topological polar surface area (TPSA) is 38.5 Å². The molecule has 106 valence electrons. The van der Waals surface area contributed by atoms with E-state index in [0.29, 0.717) is 0 Å². The van der Waals surface area contributed by atoms with Crippen molar-refractivity contribution in [2.45, 2.75) is 37.6 Å². The van der Waals surface area contributed by atoms with Crippen LogP contribution in [0.5, 0.6) is 5.75 Å². The van der Waals surface area contributed by atoms with Gasteiger partial charge in [-0.3, -0.25) is 0 Å². The normalized spacial score (nSPS) is 17.9. The van der Waals surface area contributed by atoms with Crippen molar-refractivity contribution >= 4 is 0 Å². The van der Waals surface area contributed by atoms with Crippen LogP contribution in [0.2, 0.25) is 0 Å². The third kappa shape index (κ3) is 2.93. The lowest BCUT2D eigenvalue weighted by Crippen LogP contribution is -2.32. The van der Waals surface area contributed by atoms with Crippen LogP contribution < -0.4 is 10.5 Å². The number of methoxy groups -OCH3 is 1. The molecule has 1 aliphatic carbocycles. The van der Waals surface area contributed by atoms with E-state index < -0.39 is 0 Å². The predicted molar refractivity (Wildman–Crippen MR) is 79.6 cm³/mol. The summed E-state index contributed by atoms with van der Waals surface area (Å²) >= 11 is 0. The Hall–Kier alpha value is -1.06. The fourth-order valence-electron chi connectivity index (χ4n) is 3.27. The van der Waals surface area contributed by atoms with Gasteiger partial charge in [0.2, 0.25) is 0 Å². The maximum Gasteiger partial charge on any atom is 0.122 e. The van der Waals surface area contributed by atoms with Gasteiger partial charge in [-0.25, -0.2) is 0 Å². The first-order valence-electron chi connectivity index (χ1n) is 7.13. The quantitative estimate of drug-likeness (QED) is 0.886. The minimum atomic E-state index is 0.133. The van der Waals surface area contributed by atoms with Gasteiger partial charge in [0.25, 0.3) is 0 Å². The summed E-state index contributed by atoms with van der Waals surface area (Å²) in [5.74, 6) is 0.995. The highest BCUT2D eigenvalue weighted by atomic mass is 16.5. The first kappa shape index (κ1) is 14.4. The molecule has 0 unspecified atom stereocenters. The number of hydrogen-bond acceptors (Lipinski definition) is 3. The van der Waals surface area contributed by atoms with Gasteiger partial charge in [0.05, 0.1) is 7.11 Å².